The van der Waals surface area contributed by atoms with Crippen molar-refractivity contribution in [3.05, 3.63) is 86.9 Å². The lowest BCUT2D eigenvalue weighted by molar-refractivity contribution is -0.115. The third kappa shape index (κ3) is 4.75. The zero-order chi connectivity index (χ0) is 22.0. The van der Waals surface area contributed by atoms with E-state index in [0.717, 1.165) is 16.8 Å². The third-order valence-corrected chi connectivity index (χ3v) is 6.95. The maximum absolute atomic E-state index is 12.6. The molecule has 0 aromatic heterocycles. The van der Waals surface area contributed by atoms with Crippen LogP contribution in [-0.2, 0) is 11.4 Å². The minimum absolute atomic E-state index is 0.0199. The first-order valence-corrected chi connectivity index (χ1v) is 11.6. The molecule has 0 unspecified atom stereocenters. The van der Waals surface area contributed by atoms with Crippen LogP contribution >= 0.6 is 46.6 Å². The largest absolute Gasteiger partial charge is 0.493 e. The highest BCUT2D eigenvalue weighted by atomic mass is 35.5. The van der Waals surface area contributed by atoms with E-state index >= 15 is 0 Å². The number of anilines is 1. The number of rotatable bonds is 6. The van der Waals surface area contributed by atoms with Crippen molar-refractivity contribution < 1.29 is 14.3 Å². The number of thioether (sulfide) groups is 1. The molecule has 1 fully saturated rings. The normalized spacial score (nSPS) is 15.9. The van der Waals surface area contributed by atoms with Crippen LogP contribution in [0, 0.1) is 0 Å². The summed E-state index contributed by atoms with van der Waals surface area (Å²) < 4.78 is 11.5. The van der Waals surface area contributed by atoms with Crippen molar-refractivity contribution in [3.63, 3.8) is 0 Å². The van der Waals surface area contributed by atoms with E-state index in [1.54, 1.807) is 24.1 Å². The summed E-state index contributed by atoms with van der Waals surface area (Å²) in [5.74, 6) is 1.31. The lowest BCUT2D eigenvalue weighted by Gasteiger charge is -2.25. The number of nitrogens with zero attached hydrogens (tertiary/aromatic N) is 1. The van der Waals surface area contributed by atoms with Crippen LogP contribution in [-0.4, -0.2) is 18.8 Å². The summed E-state index contributed by atoms with van der Waals surface area (Å²) in [6, 6.07) is 18.3. The average Bonchev–Trinajstić information content (AvgIpc) is 3.15. The molecule has 4 rings (SSSR count). The van der Waals surface area contributed by atoms with Crippen molar-refractivity contribution in [2.45, 2.75) is 12.0 Å². The topological polar surface area (TPSA) is 38.8 Å². The second-order valence-corrected chi connectivity index (χ2v) is 9.14. The van der Waals surface area contributed by atoms with Gasteiger partial charge < -0.3 is 9.47 Å². The van der Waals surface area contributed by atoms with Gasteiger partial charge in [0.05, 0.1) is 17.9 Å². The molecule has 1 saturated heterocycles. The number of carbonyl (C=O) groups is 1. The van der Waals surface area contributed by atoms with Crippen LogP contribution in [0.3, 0.4) is 0 Å². The molecule has 0 radical (unpaired) electrons. The van der Waals surface area contributed by atoms with Gasteiger partial charge >= 0.3 is 0 Å². The number of benzene rings is 3. The van der Waals surface area contributed by atoms with Crippen LogP contribution in [0.1, 0.15) is 16.5 Å². The minimum atomic E-state index is -0.238. The first kappa shape index (κ1) is 22.2. The fourth-order valence-corrected chi connectivity index (χ4v) is 5.09. The Bertz CT molecular complexity index is 1110. The van der Waals surface area contributed by atoms with Crippen LogP contribution in [0.2, 0.25) is 15.1 Å². The van der Waals surface area contributed by atoms with Crippen LogP contribution in [0.4, 0.5) is 5.69 Å². The summed E-state index contributed by atoms with van der Waals surface area (Å²) >= 11 is 20.3. The summed E-state index contributed by atoms with van der Waals surface area (Å²) in [7, 11) is 1.56. The molecule has 3 aromatic rings. The maximum atomic E-state index is 12.6. The van der Waals surface area contributed by atoms with Gasteiger partial charge in [-0.3, -0.25) is 9.69 Å². The Labute approximate surface area is 200 Å². The third-order valence-electron chi connectivity index (χ3n) is 4.84. The van der Waals surface area contributed by atoms with Crippen molar-refractivity contribution in [2.24, 2.45) is 0 Å². The van der Waals surface area contributed by atoms with Gasteiger partial charge in [-0.1, -0.05) is 53.0 Å². The molecule has 1 amide bonds. The van der Waals surface area contributed by atoms with Gasteiger partial charge in [0.15, 0.2) is 11.5 Å². The zero-order valence-corrected chi connectivity index (χ0v) is 19.6. The van der Waals surface area contributed by atoms with Crippen molar-refractivity contribution in [3.8, 4) is 11.5 Å². The number of hydrogen-bond donors (Lipinski definition) is 0. The molecular weight excluding hydrogens is 477 g/mol. The van der Waals surface area contributed by atoms with Gasteiger partial charge in [-0.05, 0) is 48.0 Å². The second kappa shape index (κ2) is 9.61. The number of carbonyl (C=O) groups excluding carboxylic acids is 1. The summed E-state index contributed by atoms with van der Waals surface area (Å²) in [6.07, 6.45) is 0. The standard InChI is InChI=1S/C23H18Cl3NO3S/c1-29-20-11-15(10-19(26)22(20)30-12-14-4-2-3-5-18(14)25)23-27(21(28)13-31-23)17-8-6-16(24)7-9-17/h2-11,23H,12-13H2,1H3/t23-/m0/s1. The highest BCUT2D eigenvalue weighted by molar-refractivity contribution is 8.00. The number of amides is 1. The first-order valence-electron chi connectivity index (χ1n) is 9.41. The van der Waals surface area contributed by atoms with Gasteiger partial charge in [0, 0.05) is 21.3 Å². The molecule has 1 aliphatic rings. The van der Waals surface area contributed by atoms with Crippen molar-refractivity contribution in [1.82, 2.24) is 0 Å². The summed E-state index contributed by atoms with van der Waals surface area (Å²) in [5, 5.41) is 1.40. The Morgan fingerprint density at radius 2 is 1.77 bits per heavy atom. The fourth-order valence-electron chi connectivity index (χ4n) is 3.34. The molecule has 1 atom stereocenters. The summed E-state index contributed by atoms with van der Waals surface area (Å²) in [6.45, 7) is 0.253. The Morgan fingerprint density at radius 1 is 1.03 bits per heavy atom. The molecule has 160 valence electrons. The van der Waals surface area contributed by atoms with E-state index in [4.69, 9.17) is 44.3 Å². The van der Waals surface area contributed by atoms with E-state index < -0.39 is 0 Å². The number of halogens is 3. The quantitative estimate of drug-likeness (QED) is 0.369. The van der Waals surface area contributed by atoms with Crippen LogP contribution in [0.15, 0.2) is 60.7 Å². The second-order valence-electron chi connectivity index (χ2n) is 6.82. The van der Waals surface area contributed by atoms with E-state index in [1.165, 1.54) is 11.8 Å². The van der Waals surface area contributed by atoms with Crippen molar-refractivity contribution in [1.29, 1.82) is 0 Å². The molecular formula is C23H18Cl3NO3S. The van der Waals surface area contributed by atoms with Gasteiger partial charge in [-0.2, -0.15) is 0 Å². The predicted molar refractivity (Wildman–Crippen MR) is 128 cm³/mol. The number of ether oxygens (including phenoxy) is 2. The SMILES string of the molecule is COc1cc([C@@H]2SCC(=O)N2c2ccc(Cl)cc2)cc(Cl)c1OCc1ccccc1Cl. The molecule has 0 N–H and O–H groups in total. The Morgan fingerprint density at radius 3 is 2.48 bits per heavy atom. The lowest BCUT2D eigenvalue weighted by atomic mass is 10.1. The molecule has 1 heterocycles. The molecule has 1 aliphatic heterocycles. The number of methoxy groups -OCH3 is 1. The van der Waals surface area contributed by atoms with Gasteiger partial charge in [0.1, 0.15) is 12.0 Å². The smallest absolute Gasteiger partial charge is 0.238 e. The van der Waals surface area contributed by atoms with Gasteiger partial charge in [-0.15, -0.1) is 11.8 Å². The Kier molecular flexibility index (Phi) is 6.87. The maximum Gasteiger partial charge on any atom is 0.238 e. The monoisotopic (exact) mass is 493 g/mol. The van der Waals surface area contributed by atoms with E-state index in [-0.39, 0.29) is 17.9 Å². The lowest BCUT2D eigenvalue weighted by Crippen LogP contribution is -2.27. The predicted octanol–water partition coefficient (Wildman–Crippen LogP) is 7.01. The van der Waals surface area contributed by atoms with Gasteiger partial charge in [-0.25, -0.2) is 0 Å². The molecule has 0 aliphatic carbocycles. The summed E-state index contributed by atoms with van der Waals surface area (Å²) in [5.41, 5.74) is 2.47. The van der Waals surface area contributed by atoms with Crippen LogP contribution in [0.25, 0.3) is 0 Å². The summed E-state index contributed by atoms with van der Waals surface area (Å²) in [4.78, 5) is 14.4. The highest BCUT2D eigenvalue weighted by Gasteiger charge is 2.35. The molecule has 8 heteroatoms. The first-order chi connectivity index (χ1) is 15.0. The van der Waals surface area contributed by atoms with Crippen molar-refractivity contribution >= 4 is 58.2 Å². The molecule has 0 saturated carbocycles. The van der Waals surface area contributed by atoms with E-state index in [0.29, 0.717) is 32.3 Å². The van der Waals surface area contributed by atoms with Crippen LogP contribution in [0.5, 0.6) is 11.5 Å². The van der Waals surface area contributed by atoms with E-state index in [2.05, 4.69) is 0 Å². The van der Waals surface area contributed by atoms with Crippen molar-refractivity contribution in [2.75, 3.05) is 17.8 Å². The Hall–Kier alpha value is -2.05. The minimum Gasteiger partial charge on any atom is -0.493 e. The van der Waals surface area contributed by atoms with Gasteiger partial charge in [0.25, 0.3) is 0 Å². The fraction of sp³-hybridized carbons (Fsp3) is 0.174. The van der Waals surface area contributed by atoms with E-state index in [9.17, 15) is 4.79 Å². The Balaban J connectivity index is 1.63. The van der Waals surface area contributed by atoms with E-state index in [1.807, 2.05) is 48.5 Å². The molecule has 0 spiro atoms. The van der Waals surface area contributed by atoms with Crippen LogP contribution < -0.4 is 14.4 Å². The van der Waals surface area contributed by atoms with Gasteiger partial charge in [0.2, 0.25) is 5.91 Å². The highest BCUT2D eigenvalue weighted by Crippen LogP contribution is 2.46. The molecule has 3 aromatic carbocycles. The molecule has 31 heavy (non-hydrogen) atoms. The zero-order valence-electron chi connectivity index (χ0n) is 16.5. The molecule has 0 bridgehead atoms. The molecule has 4 nitrogen and oxygen atoms in total. The number of hydrogen-bond acceptors (Lipinski definition) is 4. The average molecular weight is 495 g/mol.